The fourth-order valence-electron chi connectivity index (χ4n) is 11.5. The zero-order valence-electron chi connectivity index (χ0n) is 61.3. The van der Waals surface area contributed by atoms with Crippen molar-refractivity contribution in [3.63, 3.8) is 0 Å². The van der Waals surface area contributed by atoms with Crippen molar-refractivity contribution >= 4 is 39.5 Å². The maximum Gasteiger partial charge on any atom is 0.472 e. The molecule has 0 saturated heterocycles. The first-order chi connectivity index (χ1) is 45.4. The van der Waals surface area contributed by atoms with Crippen molar-refractivity contribution in [3.05, 3.63) is 0 Å². The standard InChI is InChI=1S/C75H146O17P2/c1-7-9-11-13-14-15-16-17-18-19-22-25-30-35-40-46-52-58-73(78)86-64-71(92-75(80)59-53-47-41-36-31-26-23-20-21-24-28-33-38-44-49-55-67(3)4)66-90-94(83,84)88-62-69(76)61-87-93(81,82)89-65-70(63-85-72(77)57-51-43-12-10-8-2)91-74(79)60-54-48-42-37-32-27-29-34-39-45-50-56-68(5)6/h67-71,76H,7-66H2,1-6H3,(H,81,82)(H,83,84)/t69-,70+,71+/m0/s1. The number of aliphatic hydroxyl groups excluding tert-OH is 1. The smallest absolute Gasteiger partial charge is 0.462 e. The number of aliphatic hydroxyl groups is 1. The number of hydrogen-bond acceptors (Lipinski definition) is 15. The summed E-state index contributed by atoms with van der Waals surface area (Å²) < 4.78 is 68.3. The molecule has 0 aliphatic heterocycles. The summed E-state index contributed by atoms with van der Waals surface area (Å²) in [6.45, 7) is 9.53. The van der Waals surface area contributed by atoms with Crippen LogP contribution in [0.15, 0.2) is 0 Å². The Hall–Kier alpha value is -1.94. The van der Waals surface area contributed by atoms with Gasteiger partial charge in [0, 0.05) is 25.7 Å². The Bertz CT molecular complexity index is 1820. The maximum absolute atomic E-state index is 13.1. The van der Waals surface area contributed by atoms with Gasteiger partial charge in [0.1, 0.15) is 19.3 Å². The van der Waals surface area contributed by atoms with E-state index in [2.05, 4.69) is 41.5 Å². The van der Waals surface area contributed by atoms with E-state index in [-0.39, 0.29) is 25.7 Å². The Balaban J connectivity index is 5.15. The third kappa shape index (κ3) is 68.6. The van der Waals surface area contributed by atoms with Crippen molar-refractivity contribution in [2.45, 2.75) is 407 Å². The molecule has 94 heavy (non-hydrogen) atoms. The molecule has 558 valence electrons. The zero-order valence-corrected chi connectivity index (χ0v) is 63.1. The van der Waals surface area contributed by atoms with Crippen molar-refractivity contribution in [2.75, 3.05) is 39.6 Å². The zero-order chi connectivity index (χ0) is 69.3. The van der Waals surface area contributed by atoms with Gasteiger partial charge in [-0.1, -0.05) is 337 Å². The molecule has 0 spiro atoms. The third-order valence-corrected chi connectivity index (χ3v) is 19.4. The van der Waals surface area contributed by atoms with Gasteiger partial charge in [-0.15, -0.1) is 0 Å². The summed E-state index contributed by atoms with van der Waals surface area (Å²) in [5, 5.41) is 10.6. The van der Waals surface area contributed by atoms with Crippen LogP contribution in [0.2, 0.25) is 0 Å². The van der Waals surface area contributed by atoms with Crippen LogP contribution in [0.25, 0.3) is 0 Å². The summed E-state index contributed by atoms with van der Waals surface area (Å²) in [4.78, 5) is 72.5. The Kier molecular flexibility index (Phi) is 65.5. The fraction of sp³-hybridized carbons (Fsp3) is 0.947. The highest BCUT2D eigenvalue weighted by Gasteiger charge is 2.30. The van der Waals surface area contributed by atoms with Gasteiger partial charge < -0.3 is 33.8 Å². The number of hydrogen-bond donors (Lipinski definition) is 3. The molecule has 2 unspecified atom stereocenters. The molecule has 0 aromatic carbocycles. The molecule has 0 aliphatic carbocycles. The molecule has 0 heterocycles. The summed E-state index contributed by atoms with van der Waals surface area (Å²) in [6.07, 6.45) is 54.5. The monoisotopic (exact) mass is 1380 g/mol. The lowest BCUT2D eigenvalue weighted by molar-refractivity contribution is -0.161. The molecule has 0 saturated carbocycles. The fourth-order valence-corrected chi connectivity index (χ4v) is 13.1. The van der Waals surface area contributed by atoms with Crippen LogP contribution >= 0.6 is 15.6 Å². The molecule has 0 rings (SSSR count). The van der Waals surface area contributed by atoms with Crippen LogP contribution in [0.5, 0.6) is 0 Å². The SMILES string of the molecule is CCCCCCCCCCCCCCCCCCCC(=O)OC[C@H](COP(=O)(O)OC[C@@H](O)COP(=O)(O)OC[C@@H](COC(=O)CCCCCCC)OC(=O)CCCCCCCCCCCCCC(C)C)OC(=O)CCCCCCCCCCCCCCCCCC(C)C. The predicted octanol–water partition coefficient (Wildman–Crippen LogP) is 21.9. The van der Waals surface area contributed by atoms with Gasteiger partial charge in [0.15, 0.2) is 12.2 Å². The topological polar surface area (TPSA) is 237 Å². The van der Waals surface area contributed by atoms with Gasteiger partial charge in [0.25, 0.3) is 0 Å². The largest absolute Gasteiger partial charge is 0.472 e. The molecule has 0 bridgehead atoms. The first-order valence-corrected chi connectivity index (χ1v) is 42.0. The first kappa shape index (κ1) is 92.1. The summed E-state index contributed by atoms with van der Waals surface area (Å²) >= 11 is 0. The predicted molar refractivity (Wildman–Crippen MR) is 381 cm³/mol. The van der Waals surface area contributed by atoms with Crippen molar-refractivity contribution in [1.82, 2.24) is 0 Å². The summed E-state index contributed by atoms with van der Waals surface area (Å²) in [7, 11) is -9.90. The Morgan fingerprint density at radius 2 is 0.489 bits per heavy atom. The van der Waals surface area contributed by atoms with E-state index >= 15 is 0 Å². The van der Waals surface area contributed by atoms with Gasteiger partial charge in [-0.3, -0.25) is 37.3 Å². The van der Waals surface area contributed by atoms with Crippen LogP contribution in [-0.2, 0) is 65.4 Å². The molecule has 0 aromatic rings. The Labute approximate surface area is 575 Å². The van der Waals surface area contributed by atoms with E-state index in [9.17, 15) is 43.2 Å². The molecule has 3 N–H and O–H groups in total. The van der Waals surface area contributed by atoms with Crippen molar-refractivity contribution < 1.29 is 80.2 Å². The molecular weight excluding hydrogens is 1230 g/mol. The molecule has 0 aromatic heterocycles. The number of ether oxygens (including phenoxy) is 4. The first-order valence-electron chi connectivity index (χ1n) is 39.0. The van der Waals surface area contributed by atoms with E-state index < -0.39 is 97.5 Å². The van der Waals surface area contributed by atoms with E-state index in [1.54, 1.807) is 0 Å². The van der Waals surface area contributed by atoms with Crippen molar-refractivity contribution in [3.8, 4) is 0 Å². The second-order valence-corrected chi connectivity index (χ2v) is 30.9. The highest BCUT2D eigenvalue weighted by molar-refractivity contribution is 7.47. The number of carbonyl (C=O) groups excluding carboxylic acids is 4. The molecular formula is C75H146O17P2. The minimum absolute atomic E-state index is 0.106. The number of phosphoric ester groups is 2. The summed E-state index contributed by atoms with van der Waals surface area (Å²) in [6, 6.07) is 0. The number of esters is 4. The highest BCUT2D eigenvalue weighted by atomic mass is 31.2. The van der Waals surface area contributed by atoms with E-state index in [0.29, 0.717) is 25.7 Å². The van der Waals surface area contributed by atoms with Crippen LogP contribution in [0, 0.1) is 11.8 Å². The second-order valence-electron chi connectivity index (χ2n) is 28.0. The van der Waals surface area contributed by atoms with Gasteiger partial charge in [-0.2, -0.15) is 0 Å². The minimum atomic E-state index is -4.95. The van der Waals surface area contributed by atoms with Crippen LogP contribution in [-0.4, -0.2) is 96.7 Å². The van der Waals surface area contributed by atoms with E-state index in [1.165, 1.54) is 199 Å². The van der Waals surface area contributed by atoms with Gasteiger partial charge in [0.2, 0.25) is 0 Å². The molecule has 0 fully saturated rings. The second kappa shape index (κ2) is 66.9. The van der Waals surface area contributed by atoms with E-state index in [4.69, 9.17) is 37.0 Å². The van der Waals surface area contributed by atoms with E-state index in [1.807, 2.05) is 0 Å². The van der Waals surface area contributed by atoms with Crippen LogP contribution in [0.4, 0.5) is 0 Å². The lowest BCUT2D eigenvalue weighted by Gasteiger charge is -2.21. The molecule has 0 radical (unpaired) electrons. The molecule has 5 atom stereocenters. The van der Waals surface area contributed by atoms with Crippen molar-refractivity contribution in [1.29, 1.82) is 0 Å². The van der Waals surface area contributed by atoms with Crippen LogP contribution in [0.3, 0.4) is 0 Å². The van der Waals surface area contributed by atoms with Crippen LogP contribution in [0.1, 0.15) is 388 Å². The lowest BCUT2D eigenvalue weighted by Crippen LogP contribution is -2.30. The lowest BCUT2D eigenvalue weighted by atomic mass is 10.0. The average molecular weight is 1380 g/mol. The normalized spacial score (nSPS) is 14.0. The highest BCUT2D eigenvalue weighted by Crippen LogP contribution is 2.45. The number of carbonyl (C=O) groups is 4. The maximum atomic E-state index is 13.1. The molecule has 0 aliphatic rings. The summed E-state index contributed by atoms with van der Waals surface area (Å²) in [5.41, 5.74) is 0. The average Bonchev–Trinajstić information content (AvgIpc) is 2.06. The van der Waals surface area contributed by atoms with Gasteiger partial charge in [-0.05, 0) is 37.5 Å². The quantitative estimate of drug-likeness (QED) is 0.0222. The van der Waals surface area contributed by atoms with Gasteiger partial charge >= 0.3 is 39.5 Å². The number of unbranched alkanes of at least 4 members (excludes halogenated alkanes) is 44. The number of rotatable bonds is 74. The minimum Gasteiger partial charge on any atom is -0.462 e. The van der Waals surface area contributed by atoms with Gasteiger partial charge in [-0.25, -0.2) is 9.13 Å². The van der Waals surface area contributed by atoms with E-state index in [0.717, 1.165) is 108 Å². The third-order valence-electron chi connectivity index (χ3n) is 17.5. The number of phosphoric acid groups is 2. The Morgan fingerprint density at radius 3 is 0.723 bits per heavy atom. The Morgan fingerprint density at radius 1 is 0.287 bits per heavy atom. The van der Waals surface area contributed by atoms with Crippen LogP contribution < -0.4 is 0 Å². The molecule has 19 heteroatoms. The van der Waals surface area contributed by atoms with Crippen molar-refractivity contribution in [2.24, 2.45) is 11.8 Å². The van der Waals surface area contributed by atoms with Gasteiger partial charge in [0.05, 0.1) is 26.4 Å². The summed E-state index contributed by atoms with van der Waals surface area (Å²) in [5.74, 6) is -0.559. The molecule has 0 amide bonds. The molecule has 17 nitrogen and oxygen atoms in total.